The van der Waals surface area contributed by atoms with Crippen molar-refractivity contribution in [1.29, 1.82) is 0 Å². The van der Waals surface area contributed by atoms with E-state index in [-0.39, 0.29) is 58.5 Å². The maximum Gasteiger partial charge on any atom is 0.411 e. The molecule has 16 heteroatoms. The van der Waals surface area contributed by atoms with E-state index < -0.39 is 66.4 Å². The van der Waals surface area contributed by atoms with E-state index in [2.05, 4.69) is 34.9 Å². The lowest BCUT2D eigenvalue weighted by molar-refractivity contribution is -0.153. The molecule has 4 aromatic carbocycles. The summed E-state index contributed by atoms with van der Waals surface area (Å²) in [5, 5.41) is 5.33. The van der Waals surface area contributed by atoms with Gasteiger partial charge in [-0.1, -0.05) is 109 Å². The molecule has 2 aliphatic rings. The molecule has 362 valence electrons. The quantitative estimate of drug-likeness (QED) is 0.0510. The van der Waals surface area contributed by atoms with Crippen LogP contribution in [0.25, 0.3) is 11.1 Å². The Labute approximate surface area is 398 Å². The monoisotopic (exact) mass is 933 g/mol. The molecule has 68 heavy (non-hydrogen) atoms. The van der Waals surface area contributed by atoms with E-state index in [4.69, 9.17) is 23.7 Å². The van der Waals surface area contributed by atoms with Gasteiger partial charge in [0.25, 0.3) is 0 Å². The van der Waals surface area contributed by atoms with Crippen LogP contribution in [-0.2, 0) is 51.3 Å². The van der Waals surface area contributed by atoms with Gasteiger partial charge in [-0.25, -0.2) is 19.2 Å². The highest BCUT2D eigenvalue weighted by Crippen LogP contribution is 2.44. The number of ether oxygens (including phenoxy) is 5. The highest BCUT2D eigenvalue weighted by Gasteiger charge is 2.42. The minimum atomic E-state index is -1.04. The topological polar surface area (TPSA) is 182 Å². The third kappa shape index (κ3) is 14.0. The Morgan fingerprint density at radius 2 is 1.29 bits per heavy atom. The normalized spacial score (nSPS) is 15.2. The second-order valence-corrected chi connectivity index (χ2v) is 17.9. The first-order valence-electron chi connectivity index (χ1n) is 23.1. The highest BCUT2D eigenvalue weighted by molar-refractivity contribution is 5.87. The zero-order valence-electron chi connectivity index (χ0n) is 39.5. The number of esters is 2. The van der Waals surface area contributed by atoms with Crippen LogP contribution in [-0.4, -0.2) is 121 Å². The predicted octanol–water partition coefficient (Wildman–Crippen LogP) is 7.39. The minimum absolute atomic E-state index is 0.00115. The van der Waals surface area contributed by atoms with Gasteiger partial charge < -0.3 is 39.2 Å². The van der Waals surface area contributed by atoms with Gasteiger partial charge in [0, 0.05) is 31.6 Å². The van der Waals surface area contributed by atoms with Crippen molar-refractivity contribution in [2.75, 3.05) is 46.6 Å². The summed E-state index contributed by atoms with van der Waals surface area (Å²) in [6, 6.07) is 32.2. The second kappa shape index (κ2) is 24.2. The van der Waals surface area contributed by atoms with E-state index in [0.717, 1.165) is 33.4 Å². The number of fused-ring (bicyclic) bond motifs is 3. The van der Waals surface area contributed by atoms with Gasteiger partial charge in [0.15, 0.2) is 0 Å². The van der Waals surface area contributed by atoms with E-state index in [1.54, 1.807) is 32.9 Å². The SMILES string of the molecule is COC(=O)[C@H](C)N(CCC1CN(C(=O)OC(C)(C)C)CN1[C@@H](CCCCNC(=O)OCC1c2ccccc2-c2ccccc21)C(=O)OCc1ccccc1)C(=O)CNC(=O)OCc1ccccc1. The number of amides is 4. The first-order chi connectivity index (χ1) is 32.7. The van der Waals surface area contributed by atoms with Crippen LogP contribution in [0.5, 0.6) is 0 Å². The number of unbranched alkanes of at least 4 members (excludes halogenated alkanes) is 1. The highest BCUT2D eigenvalue weighted by atomic mass is 16.6. The van der Waals surface area contributed by atoms with Crippen LogP contribution >= 0.6 is 0 Å². The molecule has 1 fully saturated rings. The molecular weight excluding hydrogens is 871 g/mol. The Balaban J connectivity index is 1.12. The molecule has 4 amide bonds. The lowest BCUT2D eigenvalue weighted by Gasteiger charge is -2.33. The third-order valence-electron chi connectivity index (χ3n) is 11.9. The van der Waals surface area contributed by atoms with E-state index in [0.29, 0.717) is 19.3 Å². The fourth-order valence-corrected chi connectivity index (χ4v) is 8.49. The van der Waals surface area contributed by atoms with Crippen LogP contribution in [0.4, 0.5) is 14.4 Å². The van der Waals surface area contributed by atoms with E-state index >= 15 is 0 Å². The Morgan fingerprint density at radius 3 is 1.90 bits per heavy atom. The molecule has 6 rings (SSSR count). The summed E-state index contributed by atoms with van der Waals surface area (Å²) >= 11 is 0. The van der Waals surface area contributed by atoms with Crippen molar-refractivity contribution in [2.45, 2.75) is 96.2 Å². The summed E-state index contributed by atoms with van der Waals surface area (Å²) in [5.41, 5.74) is 5.26. The van der Waals surface area contributed by atoms with Crippen molar-refractivity contribution < 1.29 is 52.5 Å². The molecule has 0 radical (unpaired) electrons. The molecule has 0 bridgehead atoms. The maximum atomic E-state index is 14.2. The van der Waals surface area contributed by atoms with Gasteiger partial charge in [0.2, 0.25) is 5.91 Å². The smallest absolute Gasteiger partial charge is 0.411 e. The molecule has 1 unspecified atom stereocenters. The van der Waals surface area contributed by atoms with Crippen LogP contribution in [0, 0.1) is 0 Å². The Kier molecular flexibility index (Phi) is 18.0. The van der Waals surface area contributed by atoms with Crippen molar-refractivity contribution in [3.05, 3.63) is 131 Å². The summed E-state index contributed by atoms with van der Waals surface area (Å²) in [4.78, 5) is 84.7. The first kappa shape index (κ1) is 50.5. The molecule has 3 atom stereocenters. The number of carbonyl (C=O) groups excluding carboxylic acids is 6. The van der Waals surface area contributed by atoms with Crippen molar-refractivity contribution in [3.63, 3.8) is 0 Å². The van der Waals surface area contributed by atoms with Crippen LogP contribution in [0.15, 0.2) is 109 Å². The molecule has 2 N–H and O–H groups in total. The van der Waals surface area contributed by atoms with E-state index in [1.807, 2.05) is 77.7 Å². The van der Waals surface area contributed by atoms with Crippen LogP contribution in [0.3, 0.4) is 0 Å². The molecule has 0 saturated carbocycles. The molecular formula is C52H63N5O11. The lowest BCUT2D eigenvalue weighted by Crippen LogP contribution is -2.51. The van der Waals surface area contributed by atoms with Crippen molar-refractivity contribution in [2.24, 2.45) is 0 Å². The molecule has 0 spiro atoms. The Morgan fingerprint density at radius 1 is 0.721 bits per heavy atom. The van der Waals surface area contributed by atoms with Gasteiger partial charge in [0.05, 0.1) is 13.8 Å². The summed E-state index contributed by atoms with van der Waals surface area (Å²) < 4.78 is 27.7. The number of rotatable bonds is 20. The Hall–Kier alpha value is -6.94. The van der Waals surface area contributed by atoms with Gasteiger partial charge in [-0.15, -0.1) is 0 Å². The average Bonchev–Trinajstić information content (AvgIpc) is 3.91. The zero-order chi connectivity index (χ0) is 48.6. The number of benzene rings is 4. The van der Waals surface area contributed by atoms with Crippen LogP contribution in [0.2, 0.25) is 0 Å². The first-order valence-corrected chi connectivity index (χ1v) is 23.1. The van der Waals surface area contributed by atoms with E-state index in [9.17, 15) is 28.8 Å². The fraction of sp³-hybridized carbons (Fsp3) is 0.423. The molecule has 1 saturated heterocycles. The molecule has 1 aliphatic heterocycles. The summed E-state index contributed by atoms with van der Waals surface area (Å²) in [6.45, 7) is 6.98. The lowest BCUT2D eigenvalue weighted by atomic mass is 9.98. The molecule has 1 heterocycles. The Bertz CT molecular complexity index is 2300. The number of nitrogens with one attached hydrogen (secondary N) is 2. The van der Waals surface area contributed by atoms with Crippen LogP contribution in [0.1, 0.15) is 81.5 Å². The number of carbonyl (C=O) groups is 6. The minimum Gasteiger partial charge on any atom is -0.467 e. The third-order valence-corrected chi connectivity index (χ3v) is 11.9. The number of nitrogens with zero attached hydrogens (tertiary/aromatic N) is 3. The summed E-state index contributed by atoms with van der Waals surface area (Å²) in [7, 11) is 1.22. The second-order valence-electron chi connectivity index (χ2n) is 17.9. The van der Waals surface area contributed by atoms with Gasteiger partial charge >= 0.3 is 30.2 Å². The van der Waals surface area contributed by atoms with Gasteiger partial charge in [-0.2, -0.15) is 0 Å². The molecule has 16 nitrogen and oxygen atoms in total. The summed E-state index contributed by atoms with van der Waals surface area (Å²) in [6.07, 6.45) is -0.444. The number of alkyl carbamates (subject to hydrolysis) is 2. The van der Waals surface area contributed by atoms with Gasteiger partial charge in [-0.3, -0.25) is 19.4 Å². The van der Waals surface area contributed by atoms with Crippen LogP contribution < -0.4 is 10.6 Å². The standard InChI is InChI=1S/C52H63N5O11/c1-36(47(59)64-5)56(46(58)30-54-50(62)66-33-38-20-10-7-11-21-38)29-27-39-31-55(51(63)68-52(2,3)4)35-57(39)45(48(60)65-32-37-18-8-6-9-19-37)26-16-17-28-53-49(61)67-34-44-42-24-14-12-22-40(42)41-23-13-15-25-43(41)44/h6-15,18-25,36,39,44-45H,16-17,26-35H2,1-5H3,(H,53,61)(H,54,62)/t36-,39?,45-/m0/s1. The number of hydrogen-bond donors (Lipinski definition) is 2. The van der Waals surface area contributed by atoms with Crippen molar-refractivity contribution in [3.8, 4) is 11.1 Å². The summed E-state index contributed by atoms with van der Waals surface area (Å²) in [5.74, 6) is -1.83. The van der Waals surface area contributed by atoms with E-state index in [1.165, 1.54) is 23.8 Å². The fourth-order valence-electron chi connectivity index (χ4n) is 8.49. The number of hydrogen-bond acceptors (Lipinski definition) is 12. The van der Waals surface area contributed by atoms with Gasteiger partial charge in [0.1, 0.15) is 44.1 Å². The zero-order valence-corrected chi connectivity index (χ0v) is 39.5. The predicted molar refractivity (Wildman–Crippen MR) is 253 cm³/mol. The largest absolute Gasteiger partial charge is 0.467 e. The molecule has 4 aromatic rings. The van der Waals surface area contributed by atoms with Crippen molar-refractivity contribution in [1.82, 2.24) is 25.3 Å². The molecule has 1 aliphatic carbocycles. The van der Waals surface area contributed by atoms with Crippen molar-refractivity contribution >= 4 is 36.1 Å². The van der Waals surface area contributed by atoms with Gasteiger partial charge in [-0.05, 0) is 86.8 Å². The average molecular weight is 934 g/mol. The molecule has 0 aromatic heterocycles. The number of methoxy groups -OCH3 is 1. The maximum absolute atomic E-state index is 14.2.